The third-order valence-electron chi connectivity index (χ3n) is 2.36. The Balaban J connectivity index is 3.80. The SMILES string of the molecule is O=C(CC(NCCOCCO)C(=O)O)NCCOCCO. The number of carboxylic acid groups (broad SMARTS) is 1. The third kappa shape index (κ3) is 12.2. The average Bonchev–Trinajstić information content (AvgIpc) is 2.45. The number of hydrogen-bond acceptors (Lipinski definition) is 7. The Bertz CT molecular complexity index is 289. The van der Waals surface area contributed by atoms with Crippen molar-refractivity contribution in [3.63, 3.8) is 0 Å². The van der Waals surface area contributed by atoms with Crippen LogP contribution in [0.25, 0.3) is 0 Å². The van der Waals surface area contributed by atoms with E-state index < -0.39 is 17.9 Å². The second kappa shape index (κ2) is 13.7. The van der Waals surface area contributed by atoms with Crippen LogP contribution in [0.15, 0.2) is 0 Å². The van der Waals surface area contributed by atoms with E-state index in [4.69, 9.17) is 24.8 Å². The number of carbonyl (C=O) groups is 2. The van der Waals surface area contributed by atoms with E-state index in [-0.39, 0.29) is 59.2 Å². The second-order valence-corrected chi connectivity index (χ2v) is 4.07. The molecule has 0 aromatic carbocycles. The molecule has 1 unspecified atom stereocenters. The fourth-order valence-electron chi connectivity index (χ4n) is 1.41. The molecule has 21 heavy (non-hydrogen) atoms. The molecule has 0 aliphatic heterocycles. The molecule has 9 nitrogen and oxygen atoms in total. The Morgan fingerprint density at radius 1 is 0.952 bits per heavy atom. The van der Waals surface area contributed by atoms with E-state index in [1.165, 1.54) is 0 Å². The number of aliphatic hydroxyl groups is 2. The second-order valence-electron chi connectivity index (χ2n) is 4.07. The highest BCUT2D eigenvalue weighted by atomic mass is 16.5. The van der Waals surface area contributed by atoms with Gasteiger partial charge in [-0.05, 0) is 0 Å². The highest BCUT2D eigenvalue weighted by Gasteiger charge is 2.20. The Morgan fingerprint density at radius 2 is 1.52 bits per heavy atom. The van der Waals surface area contributed by atoms with Gasteiger partial charge in [0, 0.05) is 13.1 Å². The fourth-order valence-corrected chi connectivity index (χ4v) is 1.41. The van der Waals surface area contributed by atoms with Gasteiger partial charge in [-0.2, -0.15) is 0 Å². The van der Waals surface area contributed by atoms with Crippen LogP contribution in [-0.4, -0.2) is 86.0 Å². The molecule has 0 heterocycles. The molecule has 0 fully saturated rings. The first-order valence-corrected chi connectivity index (χ1v) is 6.72. The Hall–Kier alpha value is -1.26. The van der Waals surface area contributed by atoms with E-state index in [2.05, 4.69) is 10.6 Å². The van der Waals surface area contributed by atoms with Crippen LogP contribution in [-0.2, 0) is 19.1 Å². The highest BCUT2D eigenvalue weighted by molar-refractivity contribution is 5.84. The summed E-state index contributed by atoms with van der Waals surface area (Å²) < 4.78 is 9.93. The monoisotopic (exact) mass is 308 g/mol. The lowest BCUT2D eigenvalue weighted by molar-refractivity contribution is -0.141. The van der Waals surface area contributed by atoms with Crippen LogP contribution in [0.3, 0.4) is 0 Å². The summed E-state index contributed by atoms with van der Waals surface area (Å²) in [5.41, 5.74) is 0. The molecule has 0 saturated heterocycles. The zero-order chi connectivity index (χ0) is 15.9. The molecule has 0 spiro atoms. The molecular formula is C12H24N2O7. The molecule has 0 rings (SSSR count). The predicted octanol–water partition coefficient (Wildman–Crippen LogP) is -2.45. The van der Waals surface area contributed by atoms with Gasteiger partial charge in [0.2, 0.25) is 5.91 Å². The zero-order valence-corrected chi connectivity index (χ0v) is 11.9. The van der Waals surface area contributed by atoms with E-state index in [0.29, 0.717) is 0 Å². The normalized spacial score (nSPS) is 12.1. The van der Waals surface area contributed by atoms with Crippen molar-refractivity contribution in [1.29, 1.82) is 0 Å². The Kier molecular flexibility index (Phi) is 12.9. The van der Waals surface area contributed by atoms with Crippen molar-refractivity contribution in [1.82, 2.24) is 10.6 Å². The number of aliphatic carboxylic acids is 1. The summed E-state index contributed by atoms with van der Waals surface area (Å²) >= 11 is 0. The first-order chi connectivity index (χ1) is 10.1. The van der Waals surface area contributed by atoms with E-state index in [1.54, 1.807) is 0 Å². The van der Waals surface area contributed by atoms with Gasteiger partial charge in [0.05, 0.1) is 46.1 Å². The standard InChI is InChI=1S/C12H24N2O7/c15-3-7-20-5-1-13-10(12(18)19)9-11(17)14-2-6-21-8-4-16/h10,13,15-16H,1-9H2,(H,14,17)(H,18,19). The molecule has 0 radical (unpaired) electrons. The maximum atomic E-state index is 11.5. The molecular weight excluding hydrogens is 284 g/mol. The summed E-state index contributed by atoms with van der Waals surface area (Å²) in [5.74, 6) is -1.53. The van der Waals surface area contributed by atoms with Gasteiger partial charge < -0.3 is 35.4 Å². The van der Waals surface area contributed by atoms with Gasteiger partial charge in [-0.1, -0.05) is 0 Å². The largest absolute Gasteiger partial charge is 0.480 e. The molecule has 0 bridgehead atoms. The quantitative estimate of drug-likeness (QED) is 0.223. The summed E-state index contributed by atoms with van der Waals surface area (Å²) in [6.07, 6.45) is -0.199. The van der Waals surface area contributed by atoms with Crippen LogP contribution in [0.4, 0.5) is 0 Å². The summed E-state index contributed by atoms with van der Waals surface area (Å²) in [6.45, 7) is 1.24. The fraction of sp³-hybridized carbons (Fsp3) is 0.833. The number of nitrogens with one attached hydrogen (secondary N) is 2. The maximum Gasteiger partial charge on any atom is 0.321 e. The molecule has 124 valence electrons. The Labute approximate surface area is 123 Å². The first kappa shape index (κ1) is 19.7. The predicted molar refractivity (Wildman–Crippen MR) is 72.9 cm³/mol. The van der Waals surface area contributed by atoms with Crippen LogP contribution in [0.1, 0.15) is 6.42 Å². The lowest BCUT2D eigenvalue weighted by atomic mass is 10.2. The minimum Gasteiger partial charge on any atom is -0.480 e. The number of hydrogen-bond donors (Lipinski definition) is 5. The van der Waals surface area contributed by atoms with Gasteiger partial charge >= 0.3 is 5.97 Å². The van der Waals surface area contributed by atoms with Crippen LogP contribution in [0, 0.1) is 0 Å². The van der Waals surface area contributed by atoms with Crippen molar-refractivity contribution in [2.75, 3.05) is 52.7 Å². The summed E-state index contributed by atoms with van der Waals surface area (Å²) in [6, 6.07) is -0.999. The van der Waals surface area contributed by atoms with Crippen molar-refractivity contribution in [3.8, 4) is 0 Å². The van der Waals surface area contributed by atoms with Crippen LogP contribution in [0.2, 0.25) is 0 Å². The lowest BCUT2D eigenvalue weighted by Crippen LogP contribution is -2.43. The number of ether oxygens (including phenoxy) is 2. The number of aliphatic hydroxyl groups excluding tert-OH is 2. The lowest BCUT2D eigenvalue weighted by Gasteiger charge is -2.14. The molecule has 9 heteroatoms. The Morgan fingerprint density at radius 3 is 2.05 bits per heavy atom. The number of carboxylic acids is 1. The van der Waals surface area contributed by atoms with Gasteiger partial charge in [0.25, 0.3) is 0 Å². The highest BCUT2D eigenvalue weighted by Crippen LogP contribution is 1.93. The molecule has 5 N–H and O–H groups in total. The van der Waals surface area contributed by atoms with Crippen LogP contribution < -0.4 is 10.6 Å². The van der Waals surface area contributed by atoms with Gasteiger partial charge in [0.15, 0.2) is 0 Å². The van der Waals surface area contributed by atoms with E-state index in [0.717, 1.165) is 0 Å². The minimum absolute atomic E-state index is 0.0860. The first-order valence-electron chi connectivity index (χ1n) is 6.72. The molecule has 0 aliphatic rings. The topological polar surface area (TPSA) is 137 Å². The number of amides is 1. The number of carbonyl (C=O) groups excluding carboxylic acids is 1. The molecule has 1 amide bonds. The van der Waals surface area contributed by atoms with Crippen LogP contribution >= 0.6 is 0 Å². The molecule has 1 atom stereocenters. The zero-order valence-electron chi connectivity index (χ0n) is 11.9. The van der Waals surface area contributed by atoms with Crippen molar-refractivity contribution in [3.05, 3.63) is 0 Å². The maximum absolute atomic E-state index is 11.5. The van der Waals surface area contributed by atoms with Crippen molar-refractivity contribution in [2.45, 2.75) is 12.5 Å². The van der Waals surface area contributed by atoms with Crippen molar-refractivity contribution in [2.24, 2.45) is 0 Å². The molecule has 0 aromatic rings. The van der Waals surface area contributed by atoms with Gasteiger partial charge in [-0.25, -0.2) is 0 Å². The van der Waals surface area contributed by atoms with Crippen molar-refractivity contribution >= 4 is 11.9 Å². The van der Waals surface area contributed by atoms with Gasteiger partial charge in [-0.15, -0.1) is 0 Å². The molecule has 0 aliphatic carbocycles. The summed E-state index contributed by atoms with van der Waals surface area (Å²) in [7, 11) is 0. The van der Waals surface area contributed by atoms with Gasteiger partial charge in [0.1, 0.15) is 6.04 Å². The average molecular weight is 308 g/mol. The molecule has 0 saturated carbocycles. The van der Waals surface area contributed by atoms with E-state index >= 15 is 0 Å². The summed E-state index contributed by atoms with van der Waals surface area (Å²) in [5, 5.41) is 31.2. The van der Waals surface area contributed by atoms with Crippen molar-refractivity contribution < 1.29 is 34.4 Å². The van der Waals surface area contributed by atoms with E-state index in [1.807, 2.05) is 0 Å². The smallest absolute Gasteiger partial charge is 0.321 e. The minimum atomic E-state index is -1.12. The third-order valence-corrected chi connectivity index (χ3v) is 2.36. The van der Waals surface area contributed by atoms with Crippen LogP contribution in [0.5, 0.6) is 0 Å². The van der Waals surface area contributed by atoms with Gasteiger partial charge in [-0.3, -0.25) is 9.59 Å². The molecule has 0 aromatic heterocycles. The number of rotatable bonds is 14. The van der Waals surface area contributed by atoms with E-state index in [9.17, 15) is 9.59 Å². The summed E-state index contributed by atoms with van der Waals surface area (Å²) in [4.78, 5) is 22.5.